The number of rotatable bonds is 3. The van der Waals surface area contributed by atoms with Crippen molar-refractivity contribution in [1.82, 2.24) is 0 Å². The van der Waals surface area contributed by atoms with Crippen LogP contribution < -0.4 is 19.8 Å². The Morgan fingerprint density at radius 1 is 1.00 bits per heavy atom. The minimum Gasteiger partial charge on any atom is -0.493 e. The third-order valence-corrected chi connectivity index (χ3v) is 3.94. The minimum absolute atomic E-state index is 0.332. The third kappa shape index (κ3) is 2.22. The second kappa shape index (κ2) is 5.75. The molecule has 0 aliphatic heterocycles. The van der Waals surface area contributed by atoms with E-state index in [9.17, 15) is 4.79 Å². The van der Waals surface area contributed by atoms with E-state index < -0.39 is 0 Å². The molecule has 1 aliphatic carbocycles. The summed E-state index contributed by atoms with van der Waals surface area (Å²) in [5.74, 6) is 2.48. The fourth-order valence-corrected chi connectivity index (χ4v) is 3.00. The van der Waals surface area contributed by atoms with Gasteiger partial charge in [-0.2, -0.15) is 0 Å². The molecule has 1 aromatic heterocycles. The molecule has 5 heteroatoms. The van der Waals surface area contributed by atoms with Crippen LogP contribution in [0.25, 0.3) is 11.1 Å². The van der Waals surface area contributed by atoms with Gasteiger partial charge < -0.3 is 18.6 Å². The summed E-state index contributed by atoms with van der Waals surface area (Å²) < 4.78 is 21.9. The Morgan fingerprint density at radius 2 is 1.77 bits per heavy atom. The number of aryl methyl sites for hydroxylation is 2. The monoisotopic (exact) mass is 302 g/mol. The van der Waals surface area contributed by atoms with Crippen LogP contribution in [0.2, 0.25) is 0 Å². The number of benzene rings is 1. The summed E-state index contributed by atoms with van der Waals surface area (Å²) in [5.41, 5.74) is 2.56. The van der Waals surface area contributed by atoms with Crippen molar-refractivity contribution in [2.45, 2.75) is 19.3 Å². The van der Waals surface area contributed by atoms with Crippen molar-refractivity contribution in [3.05, 3.63) is 39.9 Å². The van der Waals surface area contributed by atoms with Gasteiger partial charge in [0.25, 0.3) is 0 Å². The van der Waals surface area contributed by atoms with Crippen LogP contribution in [-0.4, -0.2) is 21.3 Å². The Balaban J connectivity index is 2.36. The third-order valence-electron chi connectivity index (χ3n) is 3.94. The van der Waals surface area contributed by atoms with Gasteiger partial charge in [0.15, 0.2) is 11.5 Å². The normalized spacial score (nSPS) is 12.9. The Hall–Kier alpha value is -2.43. The molecule has 0 saturated heterocycles. The van der Waals surface area contributed by atoms with Gasteiger partial charge in [0.2, 0.25) is 5.75 Å². The lowest BCUT2D eigenvalue weighted by Gasteiger charge is -2.19. The van der Waals surface area contributed by atoms with Crippen LogP contribution in [0.5, 0.6) is 17.2 Å². The van der Waals surface area contributed by atoms with Crippen molar-refractivity contribution in [2.75, 3.05) is 21.3 Å². The van der Waals surface area contributed by atoms with Gasteiger partial charge in [-0.3, -0.25) is 0 Å². The average Bonchev–Trinajstić information content (AvgIpc) is 2.71. The zero-order valence-corrected chi connectivity index (χ0v) is 12.9. The van der Waals surface area contributed by atoms with Gasteiger partial charge in [0.1, 0.15) is 5.76 Å². The molecule has 1 heterocycles. The predicted octanol–water partition coefficient (Wildman–Crippen LogP) is 2.82. The van der Waals surface area contributed by atoms with E-state index in [1.165, 1.54) is 6.07 Å². The van der Waals surface area contributed by atoms with Crippen LogP contribution in [0.15, 0.2) is 27.4 Å². The molecule has 0 N–H and O–H groups in total. The van der Waals surface area contributed by atoms with E-state index in [1.807, 2.05) is 6.07 Å². The molecule has 0 spiro atoms. The molecule has 0 atom stereocenters. The minimum atomic E-state index is -0.332. The average molecular weight is 302 g/mol. The first kappa shape index (κ1) is 14.5. The first-order valence-corrected chi connectivity index (χ1v) is 7.14. The van der Waals surface area contributed by atoms with Gasteiger partial charge >= 0.3 is 5.63 Å². The zero-order chi connectivity index (χ0) is 15.7. The van der Waals surface area contributed by atoms with Crippen LogP contribution >= 0.6 is 0 Å². The zero-order valence-electron chi connectivity index (χ0n) is 12.9. The maximum atomic E-state index is 11.5. The summed E-state index contributed by atoms with van der Waals surface area (Å²) in [6, 6.07) is 5.20. The van der Waals surface area contributed by atoms with Crippen LogP contribution in [0, 0.1) is 0 Å². The number of ether oxygens (including phenoxy) is 3. The molecule has 0 amide bonds. The van der Waals surface area contributed by atoms with E-state index in [0.717, 1.165) is 29.5 Å². The van der Waals surface area contributed by atoms with Crippen molar-refractivity contribution in [2.24, 2.45) is 0 Å². The van der Waals surface area contributed by atoms with E-state index in [4.69, 9.17) is 18.6 Å². The van der Waals surface area contributed by atoms with Gasteiger partial charge in [-0.05, 0) is 30.5 Å². The van der Waals surface area contributed by atoms with Crippen molar-refractivity contribution < 1.29 is 18.6 Å². The topological polar surface area (TPSA) is 57.9 Å². The van der Waals surface area contributed by atoms with Crippen molar-refractivity contribution in [3.63, 3.8) is 0 Å². The van der Waals surface area contributed by atoms with Gasteiger partial charge in [-0.1, -0.05) is 0 Å². The molecule has 0 saturated carbocycles. The van der Waals surface area contributed by atoms with Crippen LogP contribution in [0.1, 0.15) is 17.7 Å². The van der Waals surface area contributed by atoms with Crippen molar-refractivity contribution in [3.8, 4) is 28.4 Å². The first-order chi connectivity index (χ1) is 10.7. The van der Waals surface area contributed by atoms with Gasteiger partial charge in [0, 0.05) is 23.6 Å². The highest BCUT2D eigenvalue weighted by atomic mass is 16.5. The predicted molar refractivity (Wildman–Crippen MR) is 82.1 cm³/mol. The summed E-state index contributed by atoms with van der Waals surface area (Å²) >= 11 is 0. The number of fused-ring (bicyclic) bond motifs is 3. The Bertz CT molecular complexity index is 760. The van der Waals surface area contributed by atoms with Crippen LogP contribution in [0.4, 0.5) is 0 Å². The molecular weight excluding hydrogens is 284 g/mol. The fourth-order valence-electron chi connectivity index (χ4n) is 3.00. The van der Waals surface area contributed by atoms with Crippen molar-refractivity contribution in [1.29, 1.82) is 0 Å². The molecular formula is C17H18O5. The molecule has 116 valence electrons. The maximum Gasteiger partial charge on any atom is 0.335 e. The standard InChI is InChI=1S/C17H18O5/c1-19-13-9-10-5-4-6-12-11(7-8-14(18)22-12)15(10)17(21-3)16(13)20-2/h7-9H,4-6H2,1-3H3. The molecule has 3 rings (SSSR count). The van der Waals surface area contributed by atoms with E-state index >= 15 is 0 Å². The van der Waals surface area contributed by atoms with Gasteiger partial charge in [-0.15, -0.1) is 0 Å². The molecule has 2 aromatic rings. The number of hydrogen-bond donors (Lipinski definition) is 0. The van der Waals surface area contributed by atoms with Crippen molar-refractivity contribution >= 4 is 0 Å². The maximum absolute atomic E-state index is 11.5. The lowest BCUT2D eigenvalue weighted by atomic mass is 9.97. The summed E-state index contributed by atoms with van der Waals surface area (Å²) in [6.45, 7) is 0. The Labute approximate surface area is 128 Å². The highest BCUT2D eigenvalue weighted by Gasteiger charge is 2.26. The number of hydrogen-bond acceptors (Lipinski definition) is 5. The van der Waals surface area contributed by atoms with Gasteiger partial charge in [-0.25, -0.2) is 4.79 Å². The molecule has 5 nitrogen and oxygen atoms in total. The second-order valence-electron chi connectivity index (χ2n) is 5.12. The lowest BCUT2D eigenvalue weighted by Crippen LogP contribution is -2.03. The van der Waals surface area contributed by atoms with E-state index in [2.05, 4.69) is 0 Å². The van der Waals surface area contributed by atoms with E-state index in [1.54, 1.807) is 27.4 Å². The highest BCUT2D eigenvalue weighted by Crippen LogP contribution is 2.48. The summed E-state index contributed by atoms with van der Waals surface area (Å²) in [4.78, 5) is 11.5. The lowest BCUT2D eigenvalue weighted by molar-refractivity contribution is 0.324. The van der Waals surface area contributed by atoms with Crippen LogP contribution in [-0.2, 0) is 12.8 Å². The summed E-state index contributed by atoms with van der Waals surface area (Å²) in [7, 11) is 4.78. The Kier molecular flexibility index (Phi) is 3.79. The molecule has 1 aromatic carbocycles. The quantitative estimate of drug-likeness (QED) is 0.872. The molecule has 0 fully saturated rings. The molecule has 0 unspecified atom stereocenters. The molecule has 1 aliphatic rings. The summed E-state index contributed by atoms with van der Waals surface area (Å²) in [5, 5.41) is 0. The molecule has 0 bridgehead atoms. The highest BCUT2D eigenvalue weighted by molar-refractivity contribution is 5.81. The van der Waals surface area contributed by atoms with E-state index in [0.29, 0.717) is 29.4 Å². The SMILES string of the molecule is COc1cc2c(c(OC)c1OC)-c1ccc(=O)oc1CCC2. The Morgan fingerprint density at radius 3 is 2.45 bits per heavy atom. The summed E-state index contributed by atoms with van der Waals surface area (Å²) in [6.07, 6.45) is 2.46. The molecule has 22 heavy (non-hydrogen) atoms. The largest absolute Gasteiger partial charge is 0.493 e. The van der Waals surface area contributed by atoms with Gasteiger partial charge in [0.05, 0.1) is 21.3 Å². The second-order valence-corrected chi connectivity index (χ2v) is 5.12. The first-order valence-electron chi connectivity index (χ1n) is 7.14. The number of methoxy groups -OCH3 is 3. The smallest absolute Gasteiger partial charge is 0.335 e. The van der Waals surface area contributed by atoms with E-state index in [-0.39, 0.29) is 5.63 Å². The van der Waals surface area contributed by atoms with Crippen LogP contribution in [0.3, 0.4) is 0 Å². The molecule has 0 radical (unpaired) electrons. The fraction of sp³-hybridized carbons (Fsp3) is 0.353.